The highest BCUT2D eigenvalue weighted by Crippen LogP contribution is 2.31. The van der Waals surface area contributed by atoms with Gasteiger partial charge in [0.2, 0.25) is 5.91 Å². The van der Waals surface area contributed by atoms with Gasteiger partial charge in [0.25, 0.3) is 5.78 Å². The summed E-state index contributed by atoms with van der Waals surface area (Å²) < 4.78 is 1.85. The first-order chi connectivity index (χ1) is 14.6. The van der Waals surface area contributed by atoms with Gasteiger partial charge >= 0.3 is 0 Å². The Morgan fingerprint density at radius 3 is 2.63 bits per heavy atom. The standard InChI is InChI=1S/C24H29N5O/c1-16-21(14-22(30)28-13-12-18-8-6-7-11-20(18)15-28)17(2)29-24(25-16)26-23(27-29)19-9-4-3-5-10-19/h6-8,11,19H,3-5,9-10,12-15H2,1-2H3. The highest BCUT2D eigenvalue weighted by atomic mass is 16.2. The number of nitrogens with zero attached hydrogens (tertiary/aromatic N) is 5. The van der Waals surface area contributed by atoms with E-state index in [9.17, 15) is 4.79 Å². The number of carbonyl (C=O) groups excluding carboxylic acids is 1. The average molecular weight is 404 g/mol. The van der Waals surface area contributed by atoms with Crippen molar-refractivity contribution >= 4 is 11.7 Å². The molecule has 2 aromatic heterocycles. The van der Waals surface area contributed by atoms with Crippen molar-refractivity contribution in [2.75, 3.05) is 6.54 Å². The molecule has 3 heterocycles. The Morgan fingerprint density at radius 2 is 1.83 bits per heavy atom. The van der Waals surface area contributed by atoms with Crippen molar-refractivity contribution < 1.29 is 4.79 Å². The highest BCUT2D eigenvalue weighted by Gasteiger charge is 2.25. The third kappa shape index (κ3) is 3.48. The van der Waals surface area contributed by atoms with Crippen molar-refractivity contribution in [3.8, 4) is 0 Å². The summed E-state index contributed by atoms with van der Waals surface area (Å²) in [6.07, 6.45) is 7.43. The van der Waals surface area contributed by atoms with Crippen molar-refractivity contribution in [3.63, 3.8) is 0 Å². The van der Waals surface area contributed by atoms with Crippen LogP contribution in [0.25, 0.3) is 5.78 Å². The summed E-state index contributed by atoms with van der Waals surface area (Å²) in [4.78, 5) is 24.5. The topological polar surface area (TPSA) is 63.4 Å². The lowest BCUT2D eigenvalue weighted by Crippen LogP contribution is -2.37. The summed E-state index contributed by atoms with van der Waals surface area (Å²) >= 11 is 0. The number of rotatable bonds is 3. The summed E-state index contributed by atoms with van der Waals surface area (Å²) in [5, 5.41) is 4.81. The Bertz CT molecular complexity index is 1100. The molecule has 30 heavy (non-hydrogen) atoms. The molecule has 0 saturated heterocycles. The van der Waals surface area contributed by atoms with Gasteiger partial charge in [0.15, 0.2) is 5.82 Å². The first-order valence-corrected chi connectivity index (χ1v) is 11.2. The van der Waals surface area contributed by atoms with Crippen LogP contribution in [0.3, 0.4) is 0 Å². The van der Waals surface area contributed by atoms with E-state index in [-0.39, 0.29) is 5.91 Å². The minimum absolute atomic E-state index is 0.157. The van der Waals surface area contributed by atoms with Crippen LogP contribution < -0.4 is 0 Å². The van der Waals surface area contributed by atoms with Crippen molar-refractivity contribution in [3.05, 3.63) is 58.2 Å². The molecule has 0 spiro atoms. The highest BCUT2D eigenvalue weighted by molar-refractivity contribution is 5.79. The molecular weight excluding hydrogens is 374 g/mol. The predicted octanol–water partition coefficient (Wildman–Crippen LogP) is 3.92. The Balaban J connectivity index is 1.39. The maximum atomic E-state index is 13.1. The zero-order valence-electron chi connectivity index (χ0n) is 17.9. The second kappa shape index (κ2) is 7.82. The van der Waals surface area contributed by atoms with Crippen molar-refractivity contribution in [1.29, 1.82) is 0 Å². The van der Waals surface area contributed by atoms with E-state index in [4.69, 9.17) is 15.1 Å². The molecule has 2 aliphatic rings. The number of benzene rings is 1. The lowest BCUT2D eigenvalue weighted by Gasteiger charge is -2.29. The van der Waals surface area contributed by atoms with E-state index in [1.54, 1.807) is 0 Å². The minimum Gasteiger partial charge on any atom is -0.338 e. The molecule has 1 aromatic carbocycles. The van der Waals surface area contributed by atoms with Crippen LogP contribution in [0.4, 0.5) is 0 Å². The van der Waals surface area contributed by atoms with Crippen LogP contribution in [0.5, 0.6) is 0 Å². The molecular formula is C24H29N5O. The van der Waals surface area contributed by atoms with Gasteiger partial charge in [-0.25, -0.2) is 9.50 Å². The number of amides is 1. The summed E-state index contributed by atoms with van der Waals surface area (Å²) in [5.74, 6) is 2.18. The third-order valence-electron chi connectivity index (χ3n) is 6.85. The molecule has 1 fully saturated rings. The van der Waals surface area contributed by atoms with E-state index >= 15 is 0 Å². The number of fused-ring (bicyclic) bond motifs is 2. The molecule has 0 unspecified atom stereocenters. The summed E-state index contributed by atoms with van der Waals surface area (Å²) in [6.45, 7) is 5.49. The number of aromatic nitrogens is 4. The van der Waals surface area contributed by atoms with Gasteiger partial charge in [-0.3, -0.25) is 4.79 Å². The number of aryl methyl sites for hydroxylation is 2. The smallest absolute Gasteiger partial charge is 0.252 e. The van der Waals surface area contributed by atoms with Crippen molar-refractivity contribution in [2.24, 2.45) is 0 Å². The number of hydrogen-bond donors (Lipinski definition) is 0. The fourth-order valence-corrected chi connectivity index (χ4v) is 4.99. The van der Waals surface area contributed by atoms with Crippen molar-refractivity contribution in [2.45, 2.75) is 71.3 Å². The van der Waals surface area contributed by atoms with E-state index in [2.05, 4.69) is 18.2 Å². The lowest BCUT2D eigenvalue weighted by atomic mass is 9.89. The van der Waals surface area contributed by atoms with Crippen LogP contribution in [0.1, 0.15) is 71.9 Å². The number of hydrogen-bond acceptors (Lipinski definition) is 4. The van der Waals surface area contributed by atoms with E-state index in [0.717, 1.165) is 48.6 Å². The minimum atomic E-state index is 0.157. The number of carbonyl (C=O) groups is 1. The molecule has 6 nitrogen and oxygen atoms in total. The Hall–Kier alpha value is -2.76. The maximum absolute atomic E-state index is 13.1. The summed E-state index contributed by atoms with van der Waals surface area (Å²) in [5.41, 5.74) is 5.46. The van der Waals surface area contributed by atoms with Crippen LogP contribution in [0.15, 0.2) is 24.3 Å². The monoisotopic (exact) mass is 403 g/mol. The van der Waals surface area contributed by atoms with Gasteiger partial charge in [-0.05, 0) is 44.2 Å². The average Bonchev–Trinajstić information content (AvgIpc) is 3.21. The largest absolute Gasteiger partial charge is 0.338 e. The first kappa shape index (κ1) is 19.2. The lowest BCUT2D eigenvalue weighted by molar-refractivity contribution is -0.131. The second-order valence-electron chi connectivity index (χ2n) is 8.79. The fourth-order valence-electron chi connectivity index (χ4n) is 4.99. The van der Waals surface area contributed by atoms with Crippen molar-refractivity contribution in [1.82, 2.24) is 24.5 Å². The van der Waals surface area contributed by atoms with E-state index < -0.39 is 0 Å². The normalized spacial score (nSPS) is 17.3. The quantitative estimate of drug-likeness (QED) is 0.665. The molecule has 1 saturated carbocycles. The van der Waals surface area contributed by atoms with Crippen LogP contribution in [-0.2, 0) is 24.2 Å². The molecule has 1 aliphatic carbocycles. The molecule has 0 N–H and O–H groups in total. The predicted molar refractivity (Wildman–Crippen MR) is 115 cm³/mol. The fraction of sp³-hybridized carbons (Fsp3) is 0.500. The molecule has 0 atom stereocenters. The Kier molecular flexibility index (Phi) is 5.01. The summed E-state index contributed by atoms with van der Waals surface area (Å²) in [7, 11) is 0. The zero-order chi connectivity index (χ0) is 20.7. The molecule has 1 aliphatic heterocycles. The van der Waals surface area contributed by atoms with Gasteiger partial charge < -0.3 is 4.90 Å². The Morgan fingerprint density at radius 1 is 1.07 bits per heavy atom. The third-order valence-corrected chi connectivity index (χ3v) is 6.85. The molecule has 3 aromatic rings. The van der Waals surface area contributed by atoms with Gasteiger partial charge in [-0.1, -0.05) is 43.5 Å². The van der Waals surface area contributed by atoms with Gasteiger partial charge in [-0.15, -0.1) is 5.10 Å². The van der Waals surface area contributed by atoms with Gasteiger partial charge in [0, 0.05) is 36.0 Å². The summed E-state index contributed by atoms with van der Waals surface area (Å²) in [6, 6.07) is 8.41. The molecule has 5 rings (SSSR count). The van der Waals surface area contributed by atoms with E-state index in [1.807, 2.05) is 29.3 Å². The Labute approximate surface area is 177 Å². The zero-order valence-corrected chi connectivity index (χ0v) is 17.9. The van der Waals surface area contributed by atoms with Gasteiger partial charge in [0.1, 0.15) is 0 Å². The molecule has 156 valence electrons. The van der Waals surface area contributed by atoms with E-state index in [1.165, 1.54) is 30.4 Å². The van der Waals surface area contributed by atoms with Crippen LogP contribution >= 0.6 is 0 Å². The maximum Gasteiger partial charge on any atom is 0.252 e. The molecule has 0 radical (unpaired) electrons. The van der Waals surface area contributed by atoms with Gasteiger partial charge in [0.05, 0.1) is 6.42 Å². The molecule has 6 heteroatoms. The molecule has 1 amide bonds. The van der Waals surface area contributed by atoms with E-state index in [0.29, 0.717) is 24.7 Å². The molecule has 0 bridgehead atoms. The van der Waals surface area contributed by atoms with Gasteiger partial charge in [-0.2, -0.15) is 4.98 Å². The van der Waals surface area contributed by atoms with Crippen LogP contribution in [0.2, 0.25) is 0 Å². The van der Waals surface area contributed by atoms with Crippen LogP contribution in [-0.4, -0.2) is 36.9 Å². The SMILES string of the molecule is Cc1nc2nc(C3CCCCC3)nn2c(C)c1CC(=O)N1CCc2ccccc2C1. The first-order valence-electron chi connectivity index (χ1n) is 11.2. The second-order valence-corrected chi connectivity index (χ2v) is 8.79. The van der Waals surface area contributed by atoms with Crippen LogP contribution in [0, 0.1) is 13.8 Å².